The number of nitrogens with zero attached hydrogens (tertiary/aromatic N) is 4. The van der Waals surface area contributed by atoms with Crippen molar-refractivity contribution in [2.45, 2.75) is 82.4 Å². The number of carbonyl (C=O) groups is 1. The summed E-state index contributed by atoms with van der Waals surface area (Å²) in [6, 6.07) is 8.68. The summed E-state index contributed by atoms with van der Waals surface area (Å²) in [6.07, 6.45) is -2.29. The lowest BCUT2D eigenvalue weighted by molar-refractivity contribution is -0.334. The first-order chi connectivity index (χ1) is 18.4. The van der Waals surface area contributed by atoms with E-state index in [-0.39, 0.29) is 17.7 Å². The quantitative estimate of drug-likeness (QED) is 0.373. The molecule has 39 heavy (non-hydrogen) atoms. The van der Waals surface area contributed by atoms with Crippen LogP contribution in [0.4, 0.5) is 5.95 Å². The molecular formula is C26H30ClN5O7. The zero-order valence-electron chi connectivity index (χ0n) is 22.2. The van der Waals surface area contributed by atoms with Crippen molar-refractivity contribution < 1.29 is 33.2 Å². The van der Waals surface area contributed by atoms with Crippen molar-refractivity contribution in [3.8, 4) is 0 Å². The number of benzene rings is 1. The second-order valence-electron chi connectivity index (χ2n) is 11.0. The third kappa shape index (κ3) is 4.54. The molecule has 2 unspecified atom stereocenters. The fourth-order valence-corrected chi connectivity index (χ4v) is 5.70. The van der Waals surface area contributed by atoms with E-state index in [0.717, 1.165) is 0 Å². The summed E-state index contributed by atoms with van der Waals surface area (Å²) in [5.74, 6) is -2.54. The molecule has 6 rings (SSSR count). The van der Waals surface area contributed by atoms with Crippen molar-refractivity contribution in [1.29, 1.82) is 0 Å². The van der Waals surface area contributed by atoms with Gasteiger partial charge in [0, 0.05) is 0 Å². The van der Waals surface area contributed by atoms with Gasteiger partial charge in [0.2, 0.25) is 5.95 Å². The van der Waals surface area contributed by atoms with Crippen molar-refractivity contribution in [2.75, 3.05) is 12.3 Å². The molecule has 1 aromatic carbocycles. The molecule has 208 valence electrons. The number of esters is 1. The van der Waals surface area contributed by atoms with Gasteiger partial charge in [-0.25, -0.2) is 9.78 Å². The summed E-state index contributed by atoms with van der Waals surface area (Å²) in [5.41, 5.74) is 5.41. The van der Waals surface area contributed by atoms with Crippen molar-refractivity contribution in [3.05, 3.63) is 47.4 Å². The molecule has 3 fully saturated rings. The minimum atomic E-state index is -1.49. The second kappa shape index (κ2) is 9.08. The van der Waals surface area contributed by atoms with Crippen LogP contribution in [0.5, 0.6) is 0 Å². The smallest absolute Gasteiger partial charge is 0.338 e. The van der Waals surface area contributed by atoms with E-state index in [4.69, 9.17) is 45.8 Å². The maximum absolute atomic E-state index is 13.6. The highest BCUT2D eigenvalue weighted by molar-refractivity contribution is 6.33. The number of imidazole rings is 1. The van der Waals surface area contributed by atoms with Gasteiger partial charge in [-0.1, -0.05) is 29.8 Å². The molecule has 5 heterocycles. The number of carbonyl (C=O) groups excluding carboxylic acids is 1. The molecule has 6 atom stereocenters. The Morgan fingerprint density at radius 3 is 2.51 bits per heavy atom. The molecule has 2 aromatic heterocycles. The summed E-state index contributed by atoms with van der Waals surface area (Å²) in [4.78, 5) is 26.3. The van der Waals surface area contributed by atoms with Gasteiger partial charge in [0.15, 0.2) is 34.2 Å². The van der Waals surface area contributed by atoms with Gasteiger partial charge in [-0.05, 0) is 46.8 Å². The summed E-state index contributed by atoms with van der Waals surface area (Å²) in [7, 11) is 0. The van der Waals surface area contributed by atoms with Crippen LogP contribution in [0, 0.1) is 0 Å². The number of nitrogens with two attached hydrogens (primary N) is 1. The highest BCUT2D eigenvalue weighted by Gasteiger charge is 2.65. The standard InChI is InChI=1S/C26H30ClN5O7/c1-24(2)34-11-14-16(36-24)17-18(38-25(3,4)37-17)26(5,39-21(33)13-9-7-6-8-10-13)22(35-14)32-12-29-15-19(27)30-23(28)31-20(15)32/h6-10,12,14,16-18,22H,11H2,1-5H3,(H2,28,30,31)/t14?,16-,17+,18?,22-,26-/m1/s1. The van der Waals surface area contributed by atoms with Crippen molar-refractivity contribution >= 4 is 34.7 Å². The predicted molar refractivity (Wildman–Crippen MR) is 138 cm³/mol. The van der Waals surface area contributed by atoms with Crippen LogP contribution in [-0.4, -0.2) is 73.7 Å². The molecule has 3 aromatic rings. The minimum absolute atomic E-state index is 0.0470. The molecule has 0 bridgehead atoms. The number of aromatic nitrogens is 4. The van der Waals surface area contributed by atoms with Crippen LogP contribution in [0.1, 0.15) is 51.2 Å². The molecule has 3 aliphatic rings. The number of ether oxygens (including phenoxy) is 6. The SMILES string of the molecule is CC1(C)OCC2O[C@@H](n3cnc4c(Cl)nc(N)nc43)[C@](C)(OC(=O)c3ccccc3)C3OC(C)(C)O[C@H]3[C@@H]2O1. The number of rotatable bonds is 3. The zero-order valence-corrected chi connectivity index (χ0v) is 22.9. The van der Waals surface area contributed by atoms with Crippen LogP contribution >= 0.6 is 11.6 Å². The van der Waals surface area contributed by atoms with E-state index >= 15 is 0 Å². The van der Waals surface area contributed by atoms with Crippen LogP contribution in [-0.2, 0) is 28.4 Å². The van der Waals surface area contributed by atoms with E-state index in [9.17, 15) is 4.79 Å². The van der Waals surface area contributed by atoms with Crippen LogP contribution in [0.2, 0.25) is 5.15 Å². The number of hydrogen-bond donors (Lipinski definition) is 1. The maximum Gasteiger partial charge on any atom is 0.338 e. The Kier molecular flexibility index (Phi) is 6.14. The number of nitrogen functional groups attached to an aromatic ring is 1. The zero-order chi connectivity index (χ0) is 27.7. The molecule has 0 spiro atoms. The van der Waals surface area contributed by atoms with E-state index in [1.54, 1.807) is 49.6 Å². The number of anilines is 1. The Morgan fingerprint density at radius 1 is 1.05 bits per heavy atom. The highest BCUT2D eigenvalue weighted by atomic mass is 35.5. The maximum atomic E-state index is 13.6. The topological polar surface area (TPSA) is 142 Å². The number of fused-ring (bicyclic) bond motifs is 4. The lowest BCUT2D eigenvalue weighted by atomic mass is 9.89. The average molecular weight is 560 g/mol. The first kappa shape index (κ1) is 26.4. The summed E-state index contributed by atoms with van der Waals surface area (Å²) in [5, 5.41) is 0.0799. The van der Waals surface area contributed by atoms with Gasteiger partial charge in [-0.15, -0.1) is 0 Å². The van der Waals surface area contributed by atoms with Gasteiger partial charge < -0.3 is 34.2 Å². The van der Waals surface area contributed by atoms with Crippen LogP contribution in [0.25, 0.3) is 11.2 Å². The predicted octanol–water partition coefficient (Wildman–Crippen LogP) is 3.25. The molecule has 0 aliphatic carbocycles. The van der Waals surface area contributed by atoms with Gasteiger partial charge in [0.05, 0.1) is 18.5 Å². The molecular weight excluding hydrogens is 530 g/mol. The van der Waals surface area contributed by atoms with E-state index in [1.165, 1.54) is 6.33 Å². The largest absolute Gasteiger partial charge is 0.448 e. The molecule has 2 N–H and O–H groups in total. The van der Waals surface area contributed by atoms with E-state index < -0.39 is 53.8 Å². The number of hydrogen-bond acceptors (Lipinski definition) is 11. The van der Waals surface area contributed by atoms with Crippen LogP contribution in [0.15, 0.2) is 36.7 Å². The van der Waals surface area contributed by atoms with Gasteiger partial charge in [0.1, 0.15) is 29.9 Å². The Bertz CT molecular complexity index is 1420. The van der Waals surface area contributed by atoms with Crippen LogP contribution < -0.4 is 5.73 Å². The van der Waals surface area contributed by atoms with E-state index in [1.807, 2.05) is 19.9 Å². The monoisotopic (exact) mass is 559 g/mol. The molecule has 13 heteroatoms. The Hall–Kier alpha value is -2.87. The Balaban J connectivity index is 1.53. The molecule has 3 saturated heterocycles. The summed E-state index contributed by atoms with van der Waals surface area (Å²) >= 11 is 6.33. The third-order valence-electron chi connectivity index (χ3n) is 7.16. The van der Waals surface area contributed by atoms with E-state index in [2.05, 4.69) is 15.0 Å². The average Bonchev–Trinajstić information content (AvgIpc) is 3.42. The van der Waals surface area contributed by atoms with Gasteiger partial charge in [-0.2, -0.15) is 9.97 Å². The van der Waals surface area contributed by atoms with Gasteiger partial charge in [-0.3, -0.25) is 4.57 Å². The first-order valence-electron chi connectivity index (χ1n) is 12.6. The molecule has 0 amide bonds. The lowest BCUT2D eigenvalue weighted by Crippen LogP contribution is -2.57. The van der Waals surface area contributed by atoms with Crippen molar-refractivity contribution in [2.24, 2.45) is 0 Å². The fraction of sp³-hybridized carbons (Fsp3) is 0.538. The Labute approximate surface area is 229 Å². The molecule has 3 aliphatic heterocycles. The Morgan fingerprint density at radius 2 is 1.77 bits per heavy atom. The molecule has 0 saturated carbocycles. The minimum Gasteiger partial charge on any atom is -0.448 e. The summed E-state index contributed by atoms with van der Waals surface area (Å²) < 4.78 is 39.8. The van der Waals surface area contributed by atoms with Gasteiger partial charge in [0.25, 0.3) is 0 Å². The fourth-order valence-electron chi connectivity index (χ4n) is 5.48. The van der Waals surface area contributed by atoms with Crippen molar-refractivity contribution in [3.63, 3.8) is 0 Å². The lowest BCUT2D eigenvalue weighted by Gasteiger charge is -2.42. The summed E-state index contributed by atoms with van der Waals surface area (Å²) in [6.45, 7) is 9.17. The molecule has 12 nitrogen and oxygen atoms in total. The normalized spacial score (nSPS) is 33.2. The number of halogens is 1. The van der Waals surface area contributed by atoms with Gasteiger partial charge >= 0.3 is 5.97 Å². The van der Waals surface area contributed by atoms with Crippen LogP contribution in [0.3, 0.4) is 0 Å². The third-order valence-corrected chi connectivity index (χ3v) is 7.43. The first-order valence-corrected chi connectivity index (χ1v) is 13.0. The highest BCUT2D eigenvalue weighted by Crippen LogP contribution is 2.49. The van der Waals surface area contributed by atoms with E-state index in [0.29, 0.717) is 16.7 Å². The molecule has 0 radical (unpaired) electrons. The second-order valence-corrected chi connectivity index (χ2v) is 11.3. The van der Waals surface area contributed by atoms with Crippen molar-refractivity contribution in [1.82, 2.24) is 19.5 Å².